The number of ether oxygens (including phenoxy) is 3. The molecule has 1 fully saturated rings. The summed E-state index contributed by atoms with van der Waals surface area (Å²) in [6.45, 7) is 5.71. The lowest BCUT2D eigenvalue weighted by molar-refractivity contribution is -0.120. The molecular weight excluding hydrogens is 660 g/mol. The fourth-order valence-electron chi connectivity index (χ4n) is 6.73. The minimum Gasteiger partial charge on any atom is -0.493 e. The van der Waals surface area contributed by atoms with E-state index in [1.807, 2.05) is 19.9 Å². The number of carbonyl (C=O) groups excluding carboxylic acids is 2. The molecule has 0 aromatic heterocycles. The van der Waals surface area contributed by atoms with Crippen LogP contribution in [0.25, 0.3) is 11.1 Å². The molecule has 3 aromatic rings. The predicted molar refractivity (Wildman–Crippen MR) is 195 cm³/mol. The number of aryl methyl sites for hydroxylation is 1. The van der Waals surface area contributed by atoms with Crippen molar-refractivity contribution in [2.24, 2.45) is 5.92 Å². The molecule has 0 radical (unpaired) electrons. The molecule has 0 unspecified atom stereocenters. The Hall–Kier alpha value is -4.78. The van der Waals surface area contributed by atoms with E-state index in [1.54, 1.807) is 50.6 Å². The molecule has 50 heavy (non-hydrogen) atoms. The van der Waals surface area contributed by atoms with E-state index in [0.717, 1.165) is 17.5 Å². The maximum absolute atomic E-state index is 14.0. The summed E-state index contributed by atoms with van der Waals surface area (Å²) in [6.07, 6.45) is 3.10. The molecule has 2 amide bonds. The number of amides is 2. The maximum atomic E-state index is 14.0. The van der Waals surface area contributed by atoms with Gasteiger partial charge in [0.1, 0.15) is 6.04 Å². The van der Waals surface area contributed by atoms with Crippen molar-refractivity contribution in [3.05, 3.63) is 69.9 Å². The number of nitrogens with zero attached hydrogens (tertiary/aromatic N) is 1. The molecule has 3 atom stereocenters. The quantitative estimate of drug-likeness (QED) is 0.243. The predicted octanol–water partition coefficient (Wildman–Crippen LogP) is 5.26. The van der Waals surface area contributed by atoms with Crippen LogP contribution in [-0.4, -0.2) is 59.9 Å². The van der Waals surface area contributed by atoms with E-state index in [1.165, 1.54) is 24.4 Å². The highest BCUT2D eigenvalue weighted by Gasteiger charge is 2.31. The fourth-order valence-corrected chi connectivity index (χ4v) is 8.37. The maximum Gasteiger partial charge on any atom is 0.247 e. The van der Waals surface area contributed by atoms with Crippen molar-refractivity contribution in [1.82, 2.24) is 5.32 Å². The third kappa shape index (κ3) is 7.52. The Balaban J connectivity index is 1.55. The molecule has 0 spiro atoms. The van der Waals surface area contributed by atoms with Gasteiger partial charge < -0.3 is 30.2 Å². The van der Waals surface area contributed by atoms with Crippen LogP contribution in [0, 0.1) is 5.92 Å². The van der Waals surface area contributed by atoms with Gasteiger partial charge in [-0.2, -0.15) is 0 Å². The van der Waals surface area contributed by atoms with Gasteiger partial charge >= 0.3 is 0 Å². The lowest BCUT2D eigenvalue weighted by Crippen LogP contribution is -2.41. The Morgan fingerprint density at radius 3 is 2.42 bits per heavy atom. The van der Waals surface area contributed by atoms with Gasteiger partial charge in [0.25, 0.3) is 0 Å². The molecule has 3 aromatic carbocycles. The van der Waals surface area contributed by atoms with E-state index in [4.69, 9.17) is 14.2 Å². The summed E-state index contributed by atoms with van der Waals surface area (Å²) in [5, 5.41) is 9.17. The van der Waals surface area contributed by atoms with Crippen LogP contribution in [0.5, 0.6) is 17.2 Å². The van der Waals surface area contributed by atoms with Crippen molar-refractivity contribution in [3.8, 4) is 28.4 Å². The Labute approximate surface area is 293 Å². The fraction of sp³-hybridized carbons (Fsp3) is 0.432. The second kappa shape index (κ2) is 15.4. The normalized spacial score (nSPS) is 17.6. The number of fused-ring (bicyclic) bond motifs is 3. The number of nitrogens with one attached hydrogen (secondary N) is 3. The van der Waals surface area contributed by atoms with Crippen molar-refractivity contribution in [3.63, 3.8) is 0 Å². The SMILES string of the molecule is CC[C@H](C)[C@@H](Nc1ccc2c(cc1=O)[C@H](NC(C)=O)CCc1cc(OC)c(OC)c(OC)c1-2)C(=O)Nc1cccc(N2CCCCS2(=O)=O)c1. The second-order valence-corrected chi connectivity index (χ2v) is 14.8. The molecule has 1 saturated heterocycles. The Kier molecular flexibility index (Phi) is 11.2. The molecule has 1 aliphatic heterocycles. The van der Waals surface area contributed by atoms with Crippen LogP contribution in [0.1, 0.15) is 63.6 Å². The van der Waals surface area contributed by atoms with E-state index in [9.17, 15) is 22.8 Å². The van der Waals surface area contributed by atoms with Gasteiger partial charge in [-0.1, -0.05) is 32.4 Å². The number of carbonyl (C=O) groups is 2. The van der Waals surface area contributed by atoms with Crippen LogP contribution in [0.15, 0.2) is 53.3 Å². The first-order valence-electron chi connectivity index (χ1n) is 16.9. The molecule has 268 valence electrons. The van der Waals surface area contributed by atoms with Crippen LogP contribution in [0.4, 0.5) is 17.1 Å². The van der Waals surface area contributed by atoms with E-state index in [0.29, 0.717) is 72.0 Å². The summed E-state index contributed by atoms with van der Waals surface area (Å²) in [6, 6.07) is 12.4. The molecule has 1 heterocycles. The zero-order valence-electron chi connectivity index (χ0n) is 29.4. The van der Waals surface area contributed by atoms with Gasteiger partial charge in [0, 0.05) is 24.7 Å². The van der Waals surface area contributed by atoms with Gasteiger partial charge in [-0.15, -0.1) is 0 Å². The van der Waals surface area contributed by atoms with E-state index in [-0.39, 0.29) is 34.6 Å². The zero-order chi connectivity index (χ0) is 36.2. The second-order valence-electron chi connectivity index (χ2n) is 12.7. The zero-order valence-corrected chi connectivity index (χ0v) is 30.2. The lowest BCUT2D eigenvalue weighted by Gasteiger charge is -2.29. The molecule has 2 aliphatic rings. The van der Waals surface area contributed by atoms with Crippen molar-refractivity contribution >= 4 is 38.9 Å². The lowest BCUT2D eigenvalue weighted by atomic mass is 9.95. The number of anilines is 3. The average Bonchev–Trinajstić information content (AvgIpc) is 3.33. The van der Waals surface area contributed by atoms with Gasteiger partial charge in [-0.3, -0.25) is 18.7 Å². The standard InChI is InChI=1S/C37H46N4O8S/c1-7-22(2)34(37(44)39-25-11-10-12-26(20-25)41-17-8-9-18-50(41,45)46)40-30-16-14-27-28(21-31(30)43)29(38-23(3)42)15-13-24-19-32(47-4)35(48-5)36(49-6)33(24)27/h10-12,14,16,19-22,29,34H,7-9,13,15,17-18H2,1-6H3,(H,38,42)(H,39,44)(H,40,43)/t22-,29+,34+/m0/s1. The van der Waals surface area contributed by atoms with Crippen LogP contribution in [-0.2, 0) is 26.0 Å². The summed E-state index contributed by atoms with van der Waals surface area (Å²) in [5.41, 5.74) is 3.69. The minimum absolute atomic E-state index is 0.0880. The smallest absolute Gasteiger partial charge is 0.247 e. The third-order valence-electron chi connectivity index (χ3n) is 9.47. The molecule has 1 aliphatic carbocycles. The van der Waals surface area contributed by atoms with Crippen LogP contribution < -0.4 is 39.9 Å². The van der Waals surface area contributed by atoms with E-state index >= 15 is 0 Å². The first kappa shape index (κ1) is 36.5. The highest BCUT2D eigenvalue weighted by Crippen LogP contribution is 2.50. The number of benzene rings is 2. The summed E-state index contributed by atoms with van der Waals surface area (Å²) >= 11 is 0. The van der Waals surface area contributed by atoms with Gasteiger partial charge in [-0.05, 0) is 84.7 Å². The number of rotatable bonds is 11. The number of hydrogen-bond donors (Lipinski definition) is 3. The Morgan fingerprint density at radius 2 is 1.76 bits per heavy atom. The van der Waals surface area contributed by atoms with Crippen molar-refractivity contribution in [1.29, 1.82) is 0 Å². The van der Waals surface area contributed by atoms with Crippen molar-refractivity contribution < 1.29 is 32.2 Å². The molecule has 0 bridgehead atoms. The van der Waals surface area contributed by atoms with E-state index in [2.05, 4.69) is 16.0 Å². The Bertz CT molecular complexity index is 1930. The van der Waals surface area contributed by atoms with Crippen LogP contribution >= 0.6 is 0 Å². The monoisotopic (exact) mass is 706 g/mol. The summed E-state index contributed by atoms with van der Waals surface area (Å²) in [5.74, 6) is 0.641. The average molecular weight is 707 g/mol. The third-order valence-corrected chi connectivity index (χ3v) is 11.3. The van der Waals surface area contributed by atoms with E-state index < -0.39 is 22.1 Å². The van der Waals surface area contributed by atoms with Crippen LogP contribution in [0.2, 0.25) is 0 Å². The molecule has 5 rings (SSSR count). The van der Waals surface area contributed by atoms with Gasteiger partial charge in [0.15, 0.2) is 11.5 Å². The van der Waals surface area contributed by atoms with Gasteiger partial charge in [0.05, 0.1) is 44.5 Å². The van der Waals surface area contributed by atoms with Gasteiger partial charge in [0.2, 0.25) is 33.0 Å². The Morgan fingerprint density at radius 1 is 1.00 bits per heavy atom. The first-order valence-corrected chi connectivity index (χ1v) is 18.5. The van der Waals surface area contributed by atoms with Gasteiger partial charge in [-0.25, -0.2) is 8.42 Å². The summed E-state index contributed by atoms with van der Waals surface area (Å²) in [4.78, 5) is 40.2. The largest absolute Gasteiger partial charge is 0.493 e. The summed E-state index contributed by atoms with van der Waals surface area (Å²) < 4.78 is 44.0. The number of methoxy groups -OCH3 is 3. The topological polar surface area (TPSA) is 152 Å². The molecule has 0 saturated carbocycles. The number of sulfonamides is 1. The molecule has 13 heteroatoms. The number of hydrogen-bond acceptors (Lipinski definition) is 9. The highest BCUT2D eigenvalue weighted by atomic mass is 32.2. The molecule has 3 N–H and O–H groups in total. The van der Waals surface area contributed by atoms with Crippen LogP contribution in [0.3, 0.4) is 0 Å². The molecule has 12 nitrogen and oxygen atoms in total. The highest BCUT2D eigenvalue weighted by molar-refractivity contribution is 7.92. The molecular formula is C37H46N4O8S. The van der Waals surface area contributed by atoms with Crippen molar-refractivity contribution in [2.75, 3.05) is 48.6 Å². The van der Waals surface area contributed by atoms with Crippen molar-refractivity contribution in [2.45, 2.75) is 65.0 Å². The summed E-state index contributed by atoms with van der Waals surface area (Å²) in [7, 11) is 1.19. The minimum atomic E-state index is -3.43. The first-order chi connectivity index (χ1) is 23.9.